The molecule has 1 heterocycles. The Morgan fingerprint density at radius 2 is 1.46 bits per heavy atom. The van der Waals surface area contributed by atoms with Crippen LogP contribution in [0.15, 0.2) is 59.5 Å². The zero-order valence-electron chi connectivity index (χ0n) is 14.8. The van der Waals surface area contributed by atoms with Gasteiger partial charge in [-0.25, -0.2) is 8.42 Å². The van der Waals surface area contributed by atoms with Gasteiger partial charge in [0, 0.05) is 5.69 Å². The molecule has 1 aromatic heterocycles. The predicted octanol–water partition coefficient (Wildman–Crippen LogP) is 3.95. The van der Waals surface area contributed by atoms with Gasteiger partial charge in [0.05, 0.1) is 4.90 Å². The van der Waals surface area contributed by atoms with Crippen molar-refractivity contribution in [3.05, 3.63) is 71.3 Å². The Morgan fingerprint density at radius 3 is 2.12 bits per heavy atom. The SMILES string of the molecule is Cc1ccc(S(=O)(=O)Nc2ccc(Nc3cccc(C)c3C)nn2)cc1. The average Bonchev–Trinajstić information content (AvgIpc) is 2.61. The second-order valence-corrected chi connectivity index (χ2v) is 7.78. The minimum absolute atomic E-state index is 0.164. The number of rotatable bonds is 5. The third-order valence-electron chi connectivity index (χ3n) is 4.10. The van der Waals surface area contributed by atoms with E-state index in [1.807, 2.05) is 39.0 Å². The molecule has 7 heteroatoms. The Morgan fingerprint density at radius 1 is 0.808 bits per heavy atom. The fourth-order valence-corrected chi connectivity index (χ4v) is 3.39. The van der Waals surface area contributed by atoms with Crippen LogP contribution in [0.1, 0.15) is 16.7 Å². The summed E-state index contributed by atoms with van der Waals surface area (Å²) in [6, 6.07) is 15.8. The van der Waals surface area contributed by atoms with Gasteiger partial charge >= 0.3 is 0 Å². The molecule has 0 fully saturated rings. The van der Waals surface area contributed by atoms with Crippen LogP contribution in [0.3, 0.4) is 0 Å². The number of aryl methyl sites for hydroxylation is 2. The van der Waals surface area contributed by atoms with E-state index in [2.05, 4.69) is 20.2 Å². The number of aromatic nitrogens is 2. The van der Waals surface area contributed by atoms with Gasteiger partial charge in [-0.15, -0.1) is 10.2 Å². The van der Waals surface area contributed by atoms with Gasteiger partial charge in [0.1, 0.15) is 0 Å². The van der Waals surface area contributed by atoms with Gasteiger partial charge in [0.25, 0.3) is 10.0 Å². The number of benzene rings is 2. The van der Waals surface area contributed by atoms with E-state index in [1.165, 1.54) is 5.56 Å². The van der Waals surface area contributed by atoms with E-state index in [9.17, 15) is 8.42 Å². The molecule has 2 N–H and O–H groups in total. The Balaban J connectivity index is 1.75. The summed E-state index contributed by atoms with van der Waals surface area (Å²) >= 11 is 0. The van der Waals surface area contributed by atoms with Crippen LogP contribution in [-0.2, 0) is 10.0 Å². The van der Waals surface area contributed by atoms with Crippen molar-refractivity contribution in [1.29, 1.82) is 0 Å². The highest BCUT2D eigenvalue weighted by Crippen LogP contribution is 2.22. The van der Waals surface area contributed by atoms with Gasteiger partial charge in [-0.05, 0) is 62.2 Å². The van der Waals surface area contributed by atoms with Crippen LogP contribution in [-0.4, -0.2) is 18.6 Å². The molecule has 2 aromatic carbocycles. The van der Waals surface area contributed by atoms with Crippen molar-refractivity contribution in [3.63, 3.8) is 0 Å². The van der Waals surface area contributed by atoms with Gasteiger partial charge < -0.3 is 5.32 Å². The lowest BCUT2D eigenvalue weighted by molar-refractivity contribution is 0.601. The summed E-state index contributed by atoms with van der Waals surface area (Å²) in [5, 5.41) is 11.2. The molecule has 0 bridgehead atoms. The first-order valence-corrected chi connectivity index (χ1v) is 9.60. The molecule has 0 saturated carbocycles. The third-order valence-corrected chi connectivity index (χ3v) is 5.47. The number of sulfonamides is 1. The topological polar surface area (TPSA) is 84.0 Å². The highest BCUT2D eigenvalue weighted by molar-refractivity contribution is 7.92. The third kappa shape index (κ3) is 4.00. The van der Waals surface area contributed by atoms with Crippen molar-refractivity contribution in [2.45, 2.75) is 25.7 Å². The monoisotopic (exact) mass is 368 g/mol. The molecule has 6 nitrogen and oxygen atoms in total. The van der Waals surface area contributed by atoms with Crippen molar-refractivity contribution >= 4 is 27.3 Å². The lowest BCUT2D eigenvalue weighted by Crippen LogP contribution is -2.14. The first kappa shape index (κ1) is 17.9. The second kappa shape index (κ2) is 7.13. The van der Waals surface area contributed by atoms with E-state index in [0.29, 0.717) is 5.82 Å². The van der Waals surface area contributed by atoms with E-state index in [1.54, 1.807) is 36.4 Å². The van der Waals surface area contributed by atoms with Crippen LogP contribution >= 0.6 is 0 Å². The molecule has 134 valence electrons. The van der Waals surface area contributed by atoms with Crippen LogP contribution in [0.5, 0.6) is 0 Å². The van der Waals surface area contributed by atoms with Gasteiger partial charge in [-0.2, -0.15) is 0 Å². The quantitative estimate of drug-likeness (QED) is 0.712. The first-order chi connectivity index (χ1) is 12.3. The zero-order chi connectivity index (χ0) is 18.7. The van der Waals surface area contributed by atoms with Crippen molar-refractivity contribution < 1.29 is 8.42 Å². The van der Waals surface area contributed by atoms with E-state index < -0.39 is 10.0 Å². The van der Waals surface area contributed by atoms with Crippen molar-refractivity contribution in [2.24, 2.45) is 0 Å². The Labute approximate surface area is 153 Å². The molecular formula is C19H20N4O2S. The van der Waals surface area contributed by atoms with Gasteiger partial charge in [0.15, 0.2) is 11.6 Å². The number of nitrogens with one attached hydrogen (secondary N) is 2. The fourth-order valence-electron chi connectivity index (χ4n) is 2.39. The minimum Gasteiger partial charge on any atom is -0.339 e. The highest BCUT2D eigenvalue weighted by Gasteiger charge is 2.14. The zero-order valence-corrected chi connectivity index (χ0v) is 15.6. The van der Waals surface area contributed by atoms with Crippen molar-refractivity contribution in [2.75, 3.05) is 10.0 Å². The first-order valence-electron chi connectivity index (χ1n) is 8.11. The number of nitrogens with zero attached hydrogens (tertiary/aromatic N) is 2. The molecule has 0 amide bonds. The number of hydrogen-bond donors (Lipinski definition) is 2. The molecule has 0 aliphatic carbocycles. The summed E-state index contributed by atoms with van der Waals surface area (Å²) in [5.41, 5.74) is 4.22. The smallest absolute Gasteiger partial charge is 0.263 e. The van der Waals surface area contributed by atoms with E-state index in [0.717, 1.165) is 16.8 Å². The molecule has 0 unspecified atom stereocenters. The standard InChI is InChI=1S/C19H20N4O2S/c1-13-7-9-16(10-8-13)26(24,25)23-19-12-11-18(21-22-19)20-17-6-4-5-14(2)15(17)3/h4-12H,1-3H3,(H,20,21)(H,22,23). The summed E-state index contributed by atoms with van der Waals surface area (Å²) in [6.45, 7) is 5.96. The van der Waals surface area contributed by atoms with Crippen LogP contribution in [0.25, 0.3) is 0 Å². The molecule has 3 rings (SSSR count). The highest BCUT2D eigenvalue weighted by atomic mass is 32.2. The summed E-state index contributed by atoms with van der Waals surface area (Å²) in [6.07, 6.45) is 0. The summed E-state index contributed by atoms with van der Waals surface area (Å²) in [7, 11) is -3.69. The van der Waals surface area contributed by atoms with Gasteiger partial charge in [-0.3, -0.25) is 4.72 Å². The van der Waals surface area contributed by atoms with E-state index in [-0.39, 0.29) is 10.7 Å². The molecule has 26 heavy (non-hydrogen) atoms. The lowest BCUT2D eigenvalue weighted by Gasteiger charge is -2.11. The number of anilines is 3. The summed E-state index contributed by atoms with van der Waals surface area (Å²) in [5.74, 6) is 0.703. The maximum Gasteiger partial charge on any atom is 0.263 e. The van der Waals surface area contributed by atoms with Crippen LogP contribution in [0.2, 0.25) is 0 Å². The predicted molar refractivity (Wildman–Crippen MR) is 103 cm³/mol. The molecule has 0 radical (unpaired) electrons. The molecule has 0 spiro atoms. The molecular weight excluding hydrogens is 348 g/mol. The minimum atomic E-state index is -3.69. The fraction of sp³-hybridized carbons (Fsp3) is 0.158. The second-order valence-electron chi connectivity index (χ2n) is 6.09. The van der Waals surface area contributed by atoms with Crippen LogP contribution in [0.4, 0.5) is 17.3 Å². The lowest BCUT2D eigenvalue weighted by atomic mass is 10.1. The molecule has 0 aliphatic heterocycles. The van der Waals surface area contributed by atoms with E-state index in [4.69, 9.17) is 0 Å². The van der Waals surface area contributed by atoms with E-state index >= 15 is 0 Å². The molecule has 3 aromatic rings. The average molecular weight is 368 g/mol. The van der Waals surface area contributed by atoms with Crippen molar-refractivity contribution in [1.82, 2.24) is 10.2 Å². The largest absolute Gasteiger partial charge is 0.339 e. The Hall–Kier alpha value is -2.93. The maximum absolute atomic E-state index is 12.4. The summed E-state index contributed by atoms with van der Waals surface area (Å²) < 4.78 is 27.2. The van der Waals surface area contributed by atoms with Crippen LogP contribution < -0.4 is 10.0 Å². The Bertz CT molecular complexity index is 1010. The Kier molecular flexibility index (Phi) is 4.90. The maximum atomic E-state index is 12.4. The number of hydrogen-bond acceptors (Lipinski definition) is 5. The van der Waals surface area contributed by atoms with Crippen LogP contribution in [0, 0.1) is 20.8 Å². The molecule has 0 atom stereocenters. The molecule has 0 aliphatic rings. The van der Waals surface area contributed by atoms with Gasteiger partial charge in [0.2, 0.25) is 0 Å². The van der Waals surface area contributed by atoms with Gasteiger partial charge in [-0.1, -0.05) is 29.8 Å². The van der Waals surface area contributed by atoms with Crippen molar-refractivity contribution in [3.8, 4) is 0 Å². The summed E-state index contributed by atoms with van der Waals surface area (Å²) in [4.78, 5) is 0.183. The normalized spacial score (nSPS) is 11.2. The molecule has 0 saturated heterocycles.